The highest BCUT2D eigenvalue weighted by Gasteiger charge is 2.27. The first-order valence-corrected chi connectivity index (χ1v) is 12.3. The van der Waals surface area contributed by atoms with Gasteiger partial charge in [-0.15, -0.1) is 10.2 Å². The molecule has 1 fully saturated rings. The molecule has 6 nitrogen and oxygen atoms in total. The largest absolute Gasteiger partial charge is 0.351 e. The number of piperidine rings is 1. The van der Waals surface area contributed by atoms with Crippen molar-refractivity contribution in [3.05, 3.63) is 71.8 Å². The summed E-state index contributed by atoms with van der Waals surface area (Å²) in [6.45, 7) is 6.53. The van der Waals surface area contributed by atoms with Gasteiger partial charge in [-0.25, -0.2) is 4.39 Å². The van der Waals surface area contributed by atoms with Gasteiger partial charge in [0, 0.05) is 12.2 Å². The fourth-order valence-corrected chi connectivity index (χ4v) is 4.97. The van der Waals surface area contributed by atoms with Gasteiger partial charge in [-0.2, -0.15) is 0 Å². The molecule has 1 amide bonds. The topological polar surface area (TPSA) is 63.1 Å². The number of carbonyl (C=O) groups is 1. The zero-order valence-electron chi connectivity index (χ0n) is 19.1. The minimum atomic E-state index is -0.366. The molecular formula is C25H30FN5OS. The lowest BCUT2D eigenvalue weighted by Gasteiger charge is -2.32. The Bertz CT molecular complexity index is 1050. The number of likely N-dealkylation sites (tertiary alicyclic amines) is 1. The third kappa shape index (κ3) is 5.81. The van der Waals surface area contributed by atoms with Crippen LogP contribution in [0.25, 0.3) is 5.69 Å². The van der Waals surface area contributed by atoms with Gasteiger partial charge in [0.25, 0.3) is 0 Å². The molecule has 174 valence electrons. The van der Waals surface area contributed by atoms with Gasteiger partial charge >= 0.3 is 0 Å². The van der Waals surface area contributed by atoms with Crippen molar-refractivity contribution in [3.63, 3.8) is 0 Å². The van der Waals surface area contributed by atoms with Crippen molar-refractivity contribution in [1.29, 1.82) is 0 Å². The number of nitrogens with one attached hydrogen (secondary N) is 1. The molecule has 33 heavy (non-hydrogen) atoms. The van der Waals surface area contributed by atoms with Crippen LogP contribution in [-0.4, -0.2) is 43.9 Å². The van der Waals surface area contributed by atoms with Crippen LogP contribution in [0.15, 0.2) is 59.8 Å². The van der Waals surface area contributed by atoms with Crippen molar-refractivity contribution in [2.75, 3.05) is 13.1 Å². The van der Waals surface area contributed by atoms with Gasteiger partial charge in [0.05, 0.1) is 11.3 Å². The summed E-state index contributed by atoms with van der Waals surface area (Å²) in [7, 11) is 0. The zero-order valence-corrected chi connectivity index (χ0v) is 19.9. The van der Waals surface area contributed by atoms with Crippen LogP contribution in [0.5, 0.6) is 0 Å². The summed E-state index contributed by atoms with van der Waals surface area (Å²) in [5.41, 5.74) is 1.84. The summed E-state index contributed by atoms with van der Waals surface area (Å²) < 4.78 is 15.6. The first kappa shape index (κ1) is 23.4. The van der Waals surface area contributed by atoms with E-state index in [2.05, 4.69) is 27.3 Å². The van der Waals surface area contributed by atoms with E-state index < -0.39 is 0 Å². The van der Waals surface area contributed by atoms with E-state index in [1.54, 1.807) is 12.1 Å². The van der Waals surface area contributed by atoms with Crippen molar-refractivity contribution in [2.24, 2.45) is 0 Å². The molecule has 1 aliphatic heterocycles. The van der Waals surface area contributed by atoms with E-state index in [1.807, 2.05) is 41.8 Å². The smallest absolute Gasteiger partial charge is 0.233 e. The highest BCUT2D eigenvalue weighted by Crippen LogP contribution is 2.31. The molecular weight excluding hydrogens is 437 g/mol. The second kappa shape index (κ2) is 10.9. The first-order chi connectivity index (χ1) is 16.0. The molecule has 1 N–H and O–H groups in total. The molecule has 4 rings (SSSR count). The van der Waals surface area contributed by atoms with Crippen LogP contribution >= 0.6 is 11.8 Å². The Morgan fingerprint density at radius 2 is 1.73 bits per heavy atom. The van der Waals surface area contributed by atoms with Crippen LogP contribution in [0.2, 0.25) is 0 Å². The van der Waals surface area contributed by atoms with Gasteiger partial charge in [0.1, 0.15) is 5.82 Å². The molecule has 2 aromatic carbocycles. The molecule has 0 saturated carbocycles. The van der Waals surface area contributed by atoms with Crippen LogP contribution in [0.3, 0.4) is 0 Å². The van der Waals surface area contributed by atoms with Gasteiger partial charge in [0.2, 0.25) is 5.91 Å². The van der Waals surface area contributed by atoms with Crippen LogP contribution in [0.1, 0.15) is 50.5 Å². The second-order valence-electron chi connectivity index (χ2n) is 8.39. The summed E-state index contributed by atoms with van der Waals surface area (Å²) in [5.74, 6) is 0.450. The Morgan fingerprint density at radius 1 is 1.03 bits per heavy atom. The van der Waals surface area contributed by atoms with E-state index in [9.17, 15) is 9.18 Å². The Hall–Kier alpha value is -2.71. The number of aromatic nitrogens is 3. The minimum Gasteiger partial charge on any atom is -0.351 e. The number of rotatable bonds is 8. The van der Waals surface area contributed by atoms with E-state index >= 15 is 0 Å². The van der Waals surface area contributed by atoms with Crippen LogP contribution < -0.4 is 5.32 Å². The lowest BCUT2D eigenvalue weighted by atomic mass is 10.1. The highest BCUT2D eigenvalue weighted by molar-refractivity contribution is 8.00. The Morgan fingerprint density at radius 3 is 2.42 bits per heavy atom. The quantitative estimate of drug-likeness (QED) is 0.485. The monoisotopic (exact) mass is 467 g/mol. The maximum absolute atomic E-state index is 13.6. The molecule has 0 unspecified atom stereocenters. The molecule has 1 saturated heterocycles. The van der Waals surface area contributed by atoms with Crippen molar-refractivity contribution >= 4 is 17.7 Å². The highest BCUT2D eigenvalue weighted by atomic mass is 32.2. The van der Waals surface area contributed by atoms with Gasteiger partial charge < -0.3 is 5.32 Å². The first-order valence-electron chi connectivity index (χ1n) is 11.5. The Balaban J connectivity index is 1.54. The van der Waals surface area contributed by atoms with Gasteiger partial charge in [0.15, 0.2) is 11.0 Å². The number of hydrogen-bond donors (Lipinski definition) is 1. The number of amides is 1. The van der Waals surface area contributed by atoms with E-state index in [-0.39, 0.29) is 23.0 Å². The van der Waals surface area contributed by atoms with Gasteiger partial charge in [-0.05, 0) is 69.6 Å². The fraction of sp³-hybridized carbons (Fsp3) is 0.400. The summed E-state index contributed by atoms with van der Waals surface area (Å²) in [5, 5.41) is 12.2. The average Bonchev–Trinajstić information content (AvgIpc) is 3.27. The molecule has 8 heteroatoms. The molecule has 2 atom stereocenters. The number of carbonyl (C=O) groups excluding carboxylic acids is 1. The number of thioether (sulfide) groups is 1. The number of benzene rings is 2. The third-order valence-corrected chi connectivity index (χ3v) is 7.06. The average molecular weight is 468 g/mol. The van der Waals surface area contributed by atoms with Gasteiger partial charge in [-0.1, -0.05) is 48.5 Å². The van der Waals surface area contributed by atoms with Crippen molar-refractivity contribution < 1.29 is 9.18 Å². The van der Waals surface area contributed by atoms with Crippen molar-refractivity contribution in [1.82, 2.24) is 25.0 Å². The summed E-state index contributed by atoms with van der Waals surface area (Å²) >= 11 is 1.36. The predicted molar refractivity (Wildman–Crippen MR) is 129 cm³/mol. The summed E-state index contributed by atoms with van der Waals surface area (Å²) in [6.07, 6.45) is 3.61. The lowest BCUT2D eigenvalue weighted by Crippen LogP contribution is -2.33. The Kier molecular flexibility index (Phi) is 7.77. The number of hydrogen-bond acceptors (Lipinski definition) is 5. The second-order valence-corrected chi connectivity index (χ2v) is 9.70. The standard InChI is InChI=1S/C25H30FN5OS/c1-18(30-15-7-4-8-16-30)23-28-29-25(31(23)22-13-11-21(26)12-14-22)33-19(2)24(32)27-17-20-9-5-3-6-10-20/h3,5-6,9-14,18-19H,4,7-8,15-17H2,1-2H3,(H,27,32)/t18-,19-/m0/s1. The van der Waals surface area contributed by atoms with Crippen molar-refractivity contribution in [2.45, 2.75) is 56.1 Å². The molecule has 3 aromatic rings. The third-order valence-electron chi connectivity index (χ3n) is 6.02. The minimum absolute atomic E-state index is 0.0665. The normalized spacial score (nSPS) is 16.3. The number of nitrogens with zero attached hydrogens (tertiary/aromatic N) is 4. The molecule has 0 bridgehead atoms. The molecule has 2 heterocycles. The van der Waals surface area contributed by atoms with E-state index in [1.165, 1.54) is 43.2 Å². The molecule has 1 aliphatic rings. The molecule has 0 radical (unpaired) electrons. The maximum atomic E-state index is 13.6. The van der Waals surface area contributed by atoms with E-state index in [0.29, 0.717) is 11.7 Å². The number of halogens is 1. The zero-order chi connectivity index (χ0) is 23.2. The molecule has 0 spiro atoms. The fourth-order valence-electron chi connectivity index (χ4n) is 4.07. The molecule has 1 aromatic heterocycles. The molecule has 0 aliphatic carbocycles. The van der Waals surface area contributed by atoms with Gasteiger partial charge in [-0.3, -0.25) is 14.3 Å². The van der Waals surface area contributed by atoms with Crippen molar-refractivity contribution in [3.8, 4) is 5.69 Å². The SMILES string of the molecule is C[C@H](Sc1nnc([C@H](C)N2CCCCC2)n1-c1ccc(F)cc1)C(=O)NCc1ccccc1. The summed E-state index contributed by atoms with van der Waals surface area (Å²) in [6, 6.07) is 16.2. The summed E-state index contributed by atoms with van der Waals surface area (Å²) in [4.78, 5) is 15.2. The van der Waals surface area contributed by atoms with Crippen LogP contribution in [0.4, 0.5) is 4.39 Å². The van der Waals surface area contributed by atoms with Crippen LogP contribution in [-0.2, 0) is 11.3 Å². The maximum Gasteiger partial charge on any atom is 0.233 e. The lowest BCUT2D eigenvalue weighted by molar-refractivity contribution is -0.120. The van der Waals surface area contributed by atoms with Crippen LogP contribution in [0, 0.1) is 5.82 Å². The predicted octanol–water partition coefficient (Wildman–Crippen LogP) is 4.75. The van der Waals surface area contributed by atoms with E-state index in [4.69, 9.17) is 0 Å². The van der Waals surface area contributed by atoms with E-state index in [0.717, 1.165) is 30.2 Å². The Labute approximate surface area is 198 Å².